The number of hydrogen-bond donors (Lipinski definition) is 1. The molecule has 0 saturated carbocycles. The molecule has 0 aliphatic heterocycles. The number of nitrogens with two attached hydrogens (primary N) is 1. The number of hydrogen-bond acceptors (Lipinski definition) is 3. The first-order valence-corrected chi connectivity index (χ1v) is 6.53. The van der Waals surface area contributed by atoms with Gasteiger partial charge < -0.3 is 5.73 Å². The lowest BCUT2D eigenvalue weighted by Crippen LogP contribution is -2.25. The molecule has 2 N–H and O–H groups in total. The Balaban J connectivity index is 2.76. The van der Waals surface area contributed by atoms with Gasteiger partial charge in [-0.1, -0.05) is 20.3 Å². The van der Waals surface area contributed by atoms with Gasteiger partial charge in [0.1, 0.15) is 0 Å². The molecule has 0 atom stereocenters. The molecular weight excluding hydrogens is 210 g/mol. The molecular formula is C14H25N3. The highest BCUT2D eigenvalue weighted by atomic mass is 15.1. The number of nitrogen functional groups attached to an aromatic ring is 1. The summed E-state index contributed by atoms with van der Waals surface area (Å²) in [5.41, 5.74) is 10.3. The van der Waals surface area contributed by atoms with Crippen molar-refractivity contribution >= 4 is 5.69 Å². The third-order valence-corrected chi connectivity index (χ3v) is 3.32. The fraction of sp³-hybridized carbons (Fsp3) is 0.643. The van der Waals surface area contributed by atoms with Crippen LogP contribution in [0.5, 0.6) is 0 Å². The highest BCUT2D eigenvalue weighted by Gasteiger charge is 2.09. The summed E-state index contributed by atoms with van der Waals surface area (Å²) in [5.74, 6) is 0. The van der Waals surface area contributed by atoms with Crippen molar-refractivity contribution in [3.63, 3.8) is 0 Å². The van der Waals surface area contributed by atoms with Gasteiger partial charge in [0, 0.05) is 18.4 Å². The summed E-state index contributed by atoms with van der Waals surface area (Å²) in [6.45, 7) is 11.6. The number of pyridine rings is 1. The van der Waals surface area contributed by atoms with Gasteiger partial charge in [0.05, 0.1) is 5.69 Å². The zero-order valence-electron chi connectivity index (χ0n) is 11.6. The van der Waals surface area contributed by atoms with E-state index >= 15 is 0 Å². The second-order valence-electron chi connectivity index (χ2n) is 4.65. The van der Waals surface area contributed by atoms with Gasteiger partial charge in [0.2, 0.25) is 0 Å². The molecule has 1 aromatic rings. The van der Waals surface area contributed by atoms with Crippen LogP contribution in [0.1, 0.15) is 43.5 Å². The summed E-state index contributed by atoms with van der Waals surface area (Å²) in [7, 11) is 0. The van der Waals surface area contributed by atoms with Crippen molar-refractivity contribution < 1.29 is 0 Å². The molecule has 0 aliphatic rings. The van der Waals surface area contributed by atoms with Crippen LogP contribution >= 0.6 is 0 Å². The standard InChI is InChI=1S/C14H25N3/c1-5-7-8-17(6-2)10-13-12(4)14(15)11(3)9-16-13/h9H,5-8,10H2,1-4H3,(H2,15,16). The Kier molecular flexibility index (Phi) is 5.42. The summed E-state index contributed by atoms with van der Waals surface area (Å²) < 4.78 is 0. The van der Waals surface area contributed by atoms with E-state index in [-0.39, 0.29) is 0 Å². The number of nitrogens with zero attached hydrogens (tertiary/aromatic N) is 2. The Labute approximate surface area is 105 Å². The van der Waals surface area contributed by atoms with Crippen molar-refractivity contribution in [2.45, 2.75) is 47.1 Å². The van der Waals surface area contributed by atoms with Crippen LogP contribution < -0.4 is 5.73 Å². The zero-order chi connectivity index (χ0) is 12.8. The van der Waals surface area contributed by atoms with Crippen LogP contribution in [0.25, 0.3) is 0 Å². The number of unbranched alkanes of at least 4 members (excludes halogenated alkanes) is 1. The Morgan fingerprint density at radius 2 is 2.00 bits per heavy atom. The molecule has 1 aromatic heterocycles. The average Bonchev–Trinajstić information content (AvgIpc) is 2.34. The summed E-state index contributed by atoms with van der Waals surface area (Å²) in [6, 6.07) is 0. The Morgan fingerprint density at radius 3 is 2.59 bits per heavy atom. The molecule has 0 spiro atoms. The lowest BCUT2D eigenvalue weighted by molar-refractivity contribution is 0.271. The third kappa shape index (κ3) is 3.70. The first-order valence-electron chi connectivity index (χ1n) is 6.53. The number of aryl methyl sites for hydroxylation is 1. The monoisotopic (exact) mass is 235 g/mol. The van der Waals surface area contributed by atoms with Crippen molar-refractivity contribution in [2.75, 3.05) is 18.8 Å². The van der Waals surface area contributed by atoms with Crippen LogP contribution in [-0.2, 0) is 6.54 Å². The molecule has 0 bridgehead atoms. The Bertz CT molecular complexity index is 361. The topological polar surface area (TPSA) is 42.2 Å². The molecule has 3 heteroatoms. The SMILES string of the molecule is CCCCN(CC)Cc1ncc(C)c(N)c1C. The lowest BCUT2D eigenvalue weighted by Gasteiger charge is -2.21. The van der Waals surface area contributed by atoms with Crippen molar-refractivity contribution in [3.05, 3.63) is 23.0 Å². The van der Waals surface area contributed by atoms with Gasteiger partial charge in [-0.15, -0.1) is 0 Å². The molecule has 0 fully saturated rings. The summed E-state index contributed by atoms with van der Waals surface area (Å²) >= 11 is 0. The normalized spacial score (nSPS) is 11.1. The quantitative estimate of drug-likeness (QED) is 0.824. The molecule has 0 aliphatic carbocycles. The molecule has 0 amide bonds. The van der Waals surface area contributed by atoms with E-state index in [2.05, 4.69) is 30.7 Å². The van der Waals surface area contributed by atoms with Crippen molar-refractivity contribution in [1.82, 2.24) is 9.88 Å². The third-order valence-electron chi connectivity index (χ3n) is 3.32. The molecule has 96 valence electrons. The predicted molar refractivity (Wildman–Crippen MR) is 74.0 cm³/mol. The van der Waals surface area contributed by atoms with Gasteiger partial charge in [-0.05, 0) is 44.5 Å². The average molecular weight is 235 g/mol. The summed E-state index contributed by atoms with van der Waals surface area (Å²) in [5, 5.41) is 0. The van der Waals surface area contributed by atoms with E-state index in [4.69, 9.17) is 5.73 Å². The van der Waals surface area contributed by atoms with E-state index in [1.165, 1.54) is 12.8 Å². The second-order valence-corrected chi connectivity index (χ2v) is 4.65. The molecule has 0 saturated heterocycles. The first-order chi connectivity index (χ1) is 8.10. The van der Waals surface area contributed by atoms with Crippen LogP contribution in [0.15, 0.2) is 6.20 Å². The van der Waals surface area contributed by atoms with Gasteiger partial charge >= 0.3 is 0 Å². The molecule has 1 rings (SSSR count). The van der Waals surface area contributed by atoms with Gasteiger partial charge in [0.15, 0.2) is 0 Å². The first kappa shape index (κ1) is 14.0. The minimum absolute atomic E-state index is 0.890. The zero-order valence-corrected chi connectivity index (χ0v) is 11.6. The van der Waals surface area contributed by atoms with Crippen LogP contribution in [0.4, 0.5) is 5.69 Å². The Hall–Kier alpha value is -1.09. The number of aromatic nitrogens is 1. The fourth-order valence-corrected chi connectivity index (χ4v) is 1.89. The highest BCUT2D eigenvalue weighted by molar-refractivity contribution is 5.53. The smallest absolute Gasteiger partial charge is 0.0593 e. The minimum atomic E-state index is 0.890. The van der Waals surface area contributed by atoms with Crippen molar-refractivity contribution in [2.24, 2.45) is 0 Å². The lowest BCUT2D eigenvalue weighted by atomic mass is 10.1. The largest absolute Gasteiger partial charge is 0.398 e. The van der Waals surface area contributed by atoms with E-state index in [9.17, 15) is 0 Å². The van der Waals surface area contributed by atoms with E-state index in [1.807, 2.05) is 13.1 Å². The van der Waals surface area contributed by atoms with Gasteiger partial charge in [-0.2, -0.15) is 0 Å². The molecule has 17 heavy (non-hydrogen) atoms. The Morgan fingerprint density at radius 1 is 1.29 bits per heavy atom. The van der Waals surface area contributed by atoms with Crippen molar-refractivity contribution in [3.8, 4) is 0 Å². The van der Waals surface area contributed by atoms with E-state index in [0.29, 0.717) is 0 Å². The maximum atomic E-state index is 6.04. The summed E-state index contributed by atoms with van der Waals surface area (Å²) in [6.07, 6.45) is 4.36. The molecule has 0 radical (unpaired) electrons. The number of anilines is 1. The fourth-order valence-electron chi connectivity index (χ4n) is 1.89. The van der Waals surface area contributed by atoms with Crippen LogP contribution in [0, 0.1) is 13.8 Å². The maximum absolute atomic E-state index is 6.04. The van der Waals surface area contributed by atoms with Crippen LogP contribution in [0.3, 0.4) is 0 Å². The van der Waals surface area contributed by atoms with Crippen LogP contribution in [0.2, 0.25) is 0 Å². The minimum Gasteiger partial charge on any atom is -0.398 e. The highest BCUT2D eigenvalue weighted by Crippen LogP contribution is 2.19. The molecule has 0 aromatic carbocycles. The van der Waals surface area contributed by atoms with E-state index < -0.39 is 0 Å². The second kappa shape index (κ2) is 6.60. The molecule has 1 heterocycles. The molecule has 0 unspecified atom stereocenters. The van der Waals surface area contributed by atoms with Crippen molar-refractivity contribution in [1.29, 1.82) is 0 Å². The number of rotatable bonds is 6. The summed E-state index contributed by atoms with van der Waals surface area (Å²) in [4.78, 5) is 6.94. The van der Waals surface area contributed by atoms with E-state index in [1.54, 1.807) is 0 Å². The van der Waals surface area contributed by atoms with Gasteiger partial charge in [-0.25, -0.2) is 0 Å². The molecule has 3 nitrogen and oxygen atoms in total. The van der Waals surface area contributed by atoms with E-state index in [0.717, 1.165) is 42.1 Å². The van der Waals surface area contributed by atoms with Gasteiger partial charge in [-0.3, -0.25) is 9.88 Å². The maximum Gasteiger partial charge on any atom is 0.0593 e. The van der Waals surface area contributed by atoms with Crippen LogP contribution in [-0.4, -0.2) is 23.0 Å². The predicted octanol–water partition coefficient (Wildman–Crippen LogP) is 2.90. The van der Waals surface area contributed by atoms with Gasteiger partial charge in [0.25, 0.3) is 0 Å².